The lowest BCUT2D eigenvalue weighted by Gasteiger charge is -2.22. The van der Waals surface area contributed by atoms with E-state index in [2.05, 4.69) is 24.1 Å². The van der Waals surface area contributed by atoms with Gasteiger partial charge in [-0.3, -0.25) is 0 Å². The molecule has 0 amide bonds. The van der Waals surface area contributed by atoms with Crippen LogP contribution in [-0.4, -0.2) is 7.05 Å². The molecule has 0 radical (unpaired) electrons. The van der Waals surface area contributed by atoms with E-state index in [0.29, 0.717) is 6.54 Å². The van der Waals surface area contributed by atoms with Crippen LogP contribution in [-0.2, 0) is 13.1 Å². The van der Waals surface area contributed by atoms with Gasteiger partial charge in [-0.2, -0.15) is 0 Å². The number of halogens is 1. The molecule has 2 nitrogen and oxygen atoms in total. The maximum Gasteiger partial charge on any atom is 0.0427 e. The Labute approximate surface area is 113 Å². The zero-order chi connectivity index (χ0) is 13.0. The Kier molecular flexibility index (Phi) is 4.24. The number of anilines is 1. The maximum atomic E-state index is 6.05. The Hall–Kier alpha value is -1.51. The molecule has 3 heteroatoms. The van der Waals surface area contributed by atoms with Crippen LogP contribution in [0.4, 0.5) is 5.69 Å². The van der Waals surface area contributed by atoms with Crippen molar-refractivity contribution < 1.29 is 0 Å². The monoisotopic (exact) mass is 260 g/mol. The zero-order valence-electron chi connectivity index (χ0n) is 10.4. The normalized spacial score (nSPS) is 10.4. The lowest BCUT2D eigenvalue weighted by Crippen LogP contribution is -2.18. The summed E-state index contributed by atoms with van der Waals surface area (Å²) in [5.74, 6) is 0. The van der Waals surface area contributed by atoms with Gasteiger partial charge in [-0.15, -0.1) is 0 Å². The fourth-order valence-corrected chi connectivity index (χ4v) is 2.17. The number of hydrogen-bond donors (Lipinski definition) is 1. The van der Waals surface area contributed by atoms with Gasteiger partial charge in [0.1, 0.15) is 0 Å². The van der Waals surface area contributed by atoms with Crippen LogP contribution in [0, 0.1) is 0 Å². The molecule has 0 fully saturated rings. The second kappa shape index (κ2) is 5.89. The smallest absolute Gasteiger partial charge is 0.0427 e. The molecule has 0 unspecified atom stereocenters. The molecule has 0 aliphatic carbocycles. The molecule has 2 rings (SSSR count). The minimum absolute atomic E-state index is 0.519. The number of hydrogen-bond acceptors (Lipinski definition) is 2. The van der Waals surface area contributed by atoms with Crippen molar-refractivity contribution in [2.24, 2.45) is 5.73 Å². The van der Waals surface area contributed by atoms with Crippen molar-refractivity contribution in [3.63, 3.8) is 0 Å². The predicted octanol–water partition coefficient (Wildman–Crippen LogP) is 3.44. The molecule has 94 valence electrons. The number of benzene rings is 2. The summed E-state index contributed by atoms with van der Waals surface area (Å²) in [6, 6.07) is 16.2. The molecule has 2 aromatic rings. The first kappa shape index (κ1) is 12.9. The van der Waals surface area contributed by atoms with E-state index in [1.165, 1.54) is 5.56 Å². The van der Waals surface area contributed by atoms with Gasteiger partial charge in [0.25, 0.3) is 0 Å². The SMILES string of the molecule is CN(Cc1ccccc1)c1cc(Cl)ccc1CN. The summed E-state index contributed by atoms with van der Waals surface area (Å²) in [6.07, 6.45) is 0. The minimum atomic E-state index is 0.519. The van der Waals surface area contributed by atoms with E-state index in [1.54, 1.807) is 0 Å². The number of nitrogens with zero attached hydrogens (tertiary/aromatic N) is 1. The van der Waals surface area contributed by atoms with Crippen molar-refractivity contribution in [3.05, 3.63) is 64.7 Å². The molecule has 0 bridgehead atoms. The summed E-state index contributed by atoms with van der Waals surface area (Å²) in [6.45, 7) is 1.36. The van der Waals surface area contributed by atoms with Gasteiger partial charge in [0.05, 0.1) is 0 Å². The van der Waals surface area contributed by atoms with E-state index < -0.39 is 0 Å². The van der Waals surface area contributed by atoms with Crippen LogP contribution in [0.2, 0.25) is 5.02 Å². The van der Waals surface area contributed by atoms with Crippen LogP contribution in [0.5, 0.6) is 0 Å². The molecular formula is C15H17ClN2. The van der Waals surface area contributed by atoms with Gasteiger partial charge in [0, 0.05) is 30.8 Å². The Balaban J connectivity index is 2.23. The van der Waals surface area contributed by atoms with Gasteiger partial charge < -0.3 is 10.6 Å². The van der Waals surface area contributed by atoms with Crippen LogP contribution < -0.4 is 10.6 Å². The van der Waals surface area contributed by atoms with Crippen molar-refractivity contribution in [1.82, 2.24) is 0 Å². The highest BCUT2D eigenvalue weighted by atomic mass is 35.5. The Morgan fingerprint density at radius 3 is 2.50 bits per heavy atom. The molecular weight excluding hydrogens is 244 g/mol. The van der Waals surface area contributed by atoms with Crippen LogP contribution in [0.25, 0.3) is 0 Å². The highest BCUT2D eigenvalue weighted by Gasteiger charge is 2.07. The molecule has 0 saturated heterocycles. The molecule has 0 saturated carbocycles. The van der Waals surface area contributed by atoms with E-state index in [-0.39, 0.29) is 0 Å². The van der Waals surface area contributed by atoms with Gasteiger partial charge in [-0.25, -0.2) is 0 Å². The fraction of sp³-hybridized carbons (Fsp3) is 0.200. The average Bonchev–Trinajstić information content (AvgIpc) is 2.40. The highest BCUT2D eigenvalue weighted by Crippen LogP contribution is 2.25. The molecule has 0 atom stereocenters. The second-order valence-electron chi connectivity index (χ2n) is 4.32. The third kappa shape index (κ3) is 3.03. The Morgan fingerprint density at radius 1 is 1.11 bits per heavy atom. The highest BCUT2D eigenvalue weighted by molar-refractivity contribution is 6.30. The van der Waals surface area contributed by atoms with Crippen LogP contribution in [0.15, 0.2) is 48.5 Å². The third-order valence-electron chi connectivity index (χ3n) is 2.94. The first-order valence-corrected chi connectivity index (χ1v) is 6.32. The summed E-state index contributed by atoms with van der Waals surface area (Å²) < 4.78 is 0. The third-order valence-corrected chi connectivity index (χ3v) is 3.18. The predicted molar refractivity (Wildman–Crippen MR) is 77.9 cm³/mol. The van der Waals surface area contributed by atoms with Gasteiger partial charge in [-0.1, -0.05) is 48.0 Å². The summed E-state index contributed by atoms with van der Waals surface area (Å²) in [5.41, 5.74) is 9.23. The lowest BCUT2D eigenvalue weighted by molar-refractivity contribution is 0.904. The summed E-state index contributed by atoms with van der Waals surface area (Å²) in [7, 11) is 2.05. The van der Waals surface area contributed by atoms with Gasteiger partial charge >= 0.3 is 0 Å². The second-order valence-corrected chi connectivity index (χ2v) is 4.76. The first-order chi connectivity index (χ1) is 8.70. The average molecular weight is 261 g/mol. The molecule has 0 aromatic heterocycles. The number of nitrogens with two attached hydrogens (primary N) is 1. The minimum Gasteiger partial charge on any atom is -0.370 e. The van der Waals surface area contributed by atoms with Crippen molar-refractivity contribution in [2.45, 2.75) is 13.1 Å². The fourth-order valence-electron chi connectivity index (χ4n) is 2.01. The van der Waals surface area contributed by atoms with Crippen molar-refractivity contribution in [1.29, 1.82) is 0 Å². The summed E-state index contributed by atoms with van der Waals surface area (Å²) in [5, 5.41) is 0.738. The van der Waals surface area contributed by atoms with E-state index in [0.717, 1.165) is 22.8 Å². The summed E-state index contributed by atoms with van der Waals surface area (Å²) in [4.78, 5) is 2.17. The molecule has 0 spiro atoms. The van der Waals surface area contributed by atoms with Crippen LogP contribution in [0.1, 0.15) is 11.1 Å². The number of rotatable bonds is 4. The van der Waals surface area contributed by atoms with Crippen molar-refractivity contribution in [2.75, 3.05) is 11.9 Å². The van der Waals surface area contributed by atoms with Crippen LogP contribution >= 0.6 is 11.6 Å². The first-order valence-electron chi connectivity index (χ1n) is 5.94. The van der Waals surface area contributed by atoms with Gasteiger partial charge in [0.2, 0.25) is 0 Å². The molecule has 0 aliphatic rings. The van der Waals surface area contributed by atoms with Gasteiger partial charge in [-0.05, 0) is 23.3 Å². The standard InChI is InChI=1S/C15H17ClN2/c1-18(11-12-5-3-2-4-6-12)15-9-14(16)8-7-13(15)10-17/h2-9H,10-11,17H2,1H3. The Morgan fingerprint density at radius 2 is 1.83 bits per heavy atom. The largest absolute Gasteiger partial charge is 0.370 e. The van der Waals surface area contributed by atoms with E-state index in [9.17, 15) is 0 Å². The van der Waals surface area contributed by atoms with Crippen molar-refractivity contribution >= 4 is 17.3 Å². The lowest BCUT2D eigenvalue weighted by atomic mass is 10.1. The molecule has 18 heavy (non-hydrogen) atoms. The van der Waals surface area contributed by atoms with Gasteiger partial charge in [0.15, 0.2) is 0 Å². The van der Waals surface area contributed by atoms with Crippen LogP contribution in [0.3, 0.4) is 0 Å². The molecule has 2 N–H and O–H groups in total. The van der Waals surface area contributed by atoms with Crippen molar-refractivity contribution in [3.8, 4) is 0 Å². The molecule has 0 heterocycles. The maximum absolute atomic E-state index is 6.05. The van der Waals surface area contributed by atoms with E-state index >= 15 is 0 Å². The zero-order valence-corrected chi connectivity index (χ0v) is 11.2. The molecule has 0 aliphatic heterocycles. The molecule has 2 aromatic carbocycles. The topological polar surface area (TPSA) is 29.3 Å². The Bertz CT molecular complexity index is 511. The van der Waals surface area contributed by atoms with E-state index in [4.69, 9.17) is 17.3 Å². The quantitative estimate of drug-likeness (QED) is 0.913. The van der Waals surface area contributed by atoms with E-state index in [1.807, 2.05) is 36.4 Å². The summed E-state index contributed by atoms with van der Waals surface area (Å²) >= 11 is 6.05.